The standard InChI is InChI=1S/C17H14N2O5S/c1-23-7-8-25-12-9-11(20)16-13(15(12)21)14(19-24-16)17(22)18-10-5-3-2-4-6-10/h2-6,9H,7-8H2,1H3,(H,18,22). The summed E-state index contributed by atoms with van der Waals surface area (Å²) in [5.41, 5.74) is 0.250. The molecule has 0 radical (unpaired) electrons. The summed E-state index contributed by atoms with van der Waals surface area (Å²) in [5, 5.41) is 6.26. The first-order chi connectivity index (χ1) is 12.1. The lowest BCUT2D eigenvalue weighted by atomic mass is 9.99. The number of anilines is 1. The Hall–Kier alpha value is -2.71. The highest BCUT2D eigenvalue weighted by Crippen LogP contribution is 2.30. The van der Waals surface area contributed by atoms with Crippen molar-refractivity contribution in [3.05, 3.63) is 58.3 Å². The molecule has 25 heavy (non-hydrogen) atoms. The molecule has 1 aromatic heterocycles. The van der Waals surface area contributed by atoms with Gasteiger partial charge < -0.3 is 14.6 Å². The number of amides is 1. The molecular formula is C17H14N2O5S. The fourth-order valence-electron chi connectivity index (χ4n) is 2.25. The number of thioether (sulfide) groups is 1. The number of ketones is 2. The SMILES string of the molecule is COCCSC1=CC(=O)c2onc(C(=O)Nc3ccccc3)c2C1=O. The average molecular weight is 358 g/mol. The van der Waals surface area contributed by atoms with Gasteiger partial charge in [-0.1, -0.05) is 23.4 Å². The molecule has 0 fully saturated rings. The number of hydrogen-bond donors (Lipinski definition) is 1. The van der Waals surface area contributed by atoms with Gasteiger partial charge in [-0.2, -0.15) is 0 Å². The number of aromatic nitrogens is 1. The Balaban J connectivity index is 1.86. The maximum absolute atomic E-state index is 12.6. The van der Waals surface area contributed by atoms with E-state index in [2.05, 4.69) is 10.5 Å². The molecule has 1 amide bonds. The molecule has 0 aliphatic heterocycles. The lowest BCUT2D eigenvalue weighted by Crippen LogP contribution is -2.20. The van der Waals surface area contributed by atoms with Crippen LogP contribution in [0.5, 0.6) is 0 Å². The van der Waals surface area contributed by atoms with Gasteiger partial charge in [-0.05, 0) is 12.1 Å². The molecule has 1 N–H and O–H groups in total. The number of Topliss-reactive ketones (excluding diaryl/α,β-unsaturated/α-hetero) is 1. The smallest absolute Gasteiger partial charge is 0.278 e. The maximum Gasteiger partial charge on any atom is 0.278 e. The third-order valence-corrected chi connectivity index (χ3v) is 4.41. The fourth-order valence-corrected chi connectivity index (χ4v) is 3.14. The minimum Gasteiger partial charge on any atom is -0.384 e. The largest absolute Gasteiger partial charge is 0.384 e. The van der Waals surface area contributed by atoms with E-state index in [9.17, 15) is 14.4 Å². The molecule has 1 aliphatic rings. The van der Waals surface area contributed by atoms with Crippen molar-refractivity contribution in [1.82, 2.24) is 5.16 Å². The number of hydrogen-bond acceptors (Lipinski definition) is 7. The second-order valence-corrected chi connectivity index (χ2v) is 6.24. The van der Waals surface area contributed by atoms with Crippen LogP contribution in [0.3, 0.4) is 0 Å². The fraction of sp³-hybridized carbons (Fsp3) is 0.176. The van der Waals surface area contributed by atoms with Crippen molar-refractivity contribution in [3.8, 4) is 0 Å². The van der Waals surface area contributed by atoms with Crippen molar-refractivity contribution < 1.29 is 23.6 Å². The van der Waals surface area contributed by atoms with Crippen LogP contribution in [-0.4, -0.2) is 42.1 Å². The van der Waals surface area contributed by atoms with E-state index in [1.165, 1.54) is 17.8 Å². The van der Waals surface area contributed by atoms with Crippen LogP contribution in [0.15, 0.2) is 45.8 Å². The molecular weight excluding hydrogens is 344 g/mol. The molecule has 1 aromatic carbocycles. The summed E-state index contributed by atoms with van der Waals surface area (Å²) in [6.07, 6.45) is 1.20. The van der Waals surface area contributed by atoms with Crippen LogP contribution in [0, 0.1) is 0 Å². The lowest BCUT2D eigenvalue weighted by molar-refractivity contribution is 0.0967. The minimum atomic E-state index is -0.611. The van der Waals surface area contributed by atoms with Crippen molar-refractivity contribution in [1.29, 1.82) is 0 Å². The molecule has 2 aromatic rings. The molecule has 1 aliphatic carbocycles. The number of para-hydroxylation sites is 1. The van der Waals surface area contributed by atoms with E-state index in [-0.39, 0.29) is 21.9 Å². The molecule has 3 rings (SSSR count). The van der Waals surface area contributed by atoms with Crippen molar-refractivity contribution in [2.75, 3.05) is 24.8 Å². The molecule has 0 saturated carbocycles. The van der Waals surface area contributed by atoms with Crippen molar-refractivity contribution in [2.45, 2.75) is 0 Å². The second kappa shape index (κ2) is 7.45. The number of methoxy groups -OCH3 is 1. The van der Waals surface area contributed by atoms with E-state index in [0.29, 0.717) is 18.0 Å². The number of benzene rings is 1. The zero-order chi connectivity index (χ0) is 17.8. The van der Waals surface area contributed by atoms with Gasteiger partial charge in [0, 0.05) is 24.6 Å². The van der Waals surface area contributed by atoms with Gasteiger partial charge in [0.2, 0.25) is 17.3 Å². The molecule has 0 unspecified atom stereocenters. The van der Waals surface area contributed by atoms with E-state index >= 15 is 0 Å². The summed E-state index contributed by atoms with van der Waals surface area (Å²) >= 11 is 1.19. The van der Waals surface area contributed by atoms with Crippen LogP contribution in [0.4, 0.5) is 5.69 Å². The van der Waals surface area contributed by atoms with Gasteiger partial charge in [-0.15, -0.1) is 11.8 Å². The van der Waals surface area contributed by atoms with Gasteiger partial charge in [0.05, 0.1) is 11.5 Å². The van der Waals surface area contributed by atoms with Crippen LogP contribution in [-0.2, 0) is 4.74 Å². The summed E-state index contributed by atoms with van der Waals surface area (Å²) in [5.74, 6) is -1.25. The van der Waals surface area contributed by atoms with Crippen molar-refractivity contribution >= 4 is 34.9 Å². The Morgan fingerprint density at radius 2 is 2.04 bits per heavy atom. The lowest BCUT2D eigenvalue weighted by Gasteiger charge is -2.10. The van der Waals surface area contributed by atoms with Gasteiger partial charge in [-0.25, -0.2) is 0 Å². The van der Waals surface area contributed by atoms with Gasteiger partial charge in [0.15, 0.2) is 5.69 Å². The Kier molecular flexibility index (Phi) is 5.11. The number of rotatable bonds is 6. The Morgan fingerprint density at radius 1 is 1.28 bits per heavy atom. The van der Waals surface area contributed by atoms with Crippen LogP contribution in [0.25, 0.3) is 0 Å². The number of ether oxygens (including phenoxy) is 1. The number of allylic oxidation sites excluding steroid dienone is 2. The number of fused-ring (bicyclic) bond motifs is 1. The molecule has 7 nitrogen and oxygen atoms in total. The van der Waals surface area contributed by atoms with Crippen LogP contribution >= 0.6 is 11.8 Å². The Morgan fingerprint density at radius 3 is 2.76 bits per heavy atom. The van der Waals surface area contributed by atoms with Crippen LogP contribution < -0.4 is 5.32 Å². The first-order valence-corrected chi connectivity index (χ1v) is 8.39. The van der Waals surface area contributed by atoms with E-state index in [4.69, 9.17) is 9.26 Å². The quantitative estimate of drug-likeness (QED) is 0.792. The normalized spacial score (nSPS) is 13.4. The molecule has 0 spiro atoms. The highest BCUT2D eigenvalue weighted by atomic mass is 32.2. The molecule has 128 valence electrons. The molecule has 8 heteroatoms. The predicted octanol–water partition coefficient (Wildman–Crippen LogP) is 2.57. The predicted molar refractivity (Wildman–Crippen MR) is 92.0 cm³/mol. The van der Waals surface area contributed by atoms with E-state index in [0.717, 1.165) is 0 Å². The Labute approximate surface area is 147 Å². The van der Waals surface area contributed by atoms with E-state index < -0.39 is 17.5 Å². The third-order valence-electron chi connectivity index (χ3n) is 3.42. The second-order valence-electron chi connectivity index (χ2n) is 5.10. The summed E-state index contributed by atoms with van der Waals surface area (Å²) < 4.78 is 9.88. The van der Waals surface area contributed by atoms with Gasteiger partial charge in [0.25, 0.3) is 5.91 Å². The number of carbonyl (C=O) groups excluding carboxylic acids is 3. The van der Waals surface area contributed by atoms with E-state index in [1.807, 2.05) is 6.07 Å². The minimum absolute atomic E-state index is 0.0964. The highest BCUT2D eigenvalue weighted by molar-refractivity contribution is 8.04. The topological polar surface area (TPSA) is 98.5 Å². The van der Waals surface area contributed by atoms with Crippen molar-refractivity contribution in [2.24, 2.45) is 0 Å². The first-order valence-electron chi connectivity index (χ1n) is 7.40. The van der Waals surface area contributed by atoms with Crippen LogP contribution in [0.2, 0.25) is 0 Å². The molecule has 0 saturated heterocycles. The zero-order valence-electron chi connectivity index (χ0n) is 13.3. The van der Waals surface area contributed by atoms with E-state index in [1.54, 1.807) is 31.4 Å². The Bertz CT molecular complexity index is 857. The number of nitrogens with one attached hydrogen (secondary N) is 1. The zero-order valence-corrected chi connectivity index (χ0v) is 14.1. The summed E-state index contributed by atoms with van der Waals surface area (Å²) in [7, 11) is 1.55. The van der Waals surface area contributed by atoms with Crippen LogP contribution in [0.1, 0.15) is 31.4 Å². The van der Waals surface area contributed by atoms with Gasteiger partial charge in [-0.3, -0.25) is 14.4 Å². The highest BCUT2D eigenvalue weighted by Gasteiger charge is 2.36. The number of carbonyl (C=O) groups is 3. The first kappa shape index (κ1) is 17.1. The monoisotopic (exact) mass is 358 g/mol. The average Bonchev–Trinajstić information content (AvgIpc) is 3.06. The molecule has 0 atom stereocenters. The maximum atomic E-state index is 12.6. The molecule has 1 heterocycles. The third kappa shape index (κ3) is 3.54. The summed E-state index contributed by atoms with van der Waals surface area (Å²) in [4.78, 5) is 37.4. The van der Waals surface area contributed by atoms with Gasteiger partial charge >= 0.3 is 0 Å². The molecule has 0 bridgehead atoms. The summed E-state index contributed by atoms with van der Waals surface area (Å²) in [6, 6.07) is 8.72. The van der Waals surface area contributed by atoms with Crippen molar-refractivity contribution in [3.63, 3.8) is 0 Å². The van der Waals surface area contributed by atoms with Gasteiger partial charge in [0.1, 0.15) is 5.56 Å². The summed E-state index contributed by atoms with van der Waals surface area (Å²) in [6.45, 7) is 0.432. The number of nitrogens with zero attached hydrogens (tertiary/aromatic N) is 1.